The number of anilines is 1. The van der Waals surface area contributed by atoms with Crippen molar-refractivity contribution in [3.8, 4) is 11.3 Å². The van der Waals surface area contributed by atoms with E-state index in [4.69, 9.17) is 11.5 Å². The van der Waals surface area contributed by atoms with Crippen molar-refractivity contribution in [3.05, 3.63) is 59.9 Å². The van der Waals surface area contributed by atoms with Gasteiger partial charge in [0.25, 0.3) is 0 Å². The second-order valence-corrected chi connectivity index (χ2v) is 4.45. The highest BCUT2D eigenvalue weighted by Gasteiger charge is 2.16. The fourth-order valence-electron chi connectivity index (χ4n) is 1.92. The molecular weight excluding hydrogens is 288 g/mol. The quantitative estimate of drug-likeness (QED) is 0.596. The van der Waals surface area contributed by atoms with Crippen molar-refractivity contribution >= 4 is 11.7 Å². The number of rotatable bonds is 4. The number of nitrogens with zero attached hydrogens (tertiary/aromatic N) is 2. The van der Waals surface area contributed by atoms with Crippen molar-refractivity contribution in [1.82, 2.24) is 4.98 Å². The van der Waals surface area contributed by atoms with Gasteiger partial charge in [-0.15, -0.1) is 0 Å². The van der Waals surface area contributed by atoms with E-state index >= 15 is 0 Å². The fraction of sp³-hybridized carbons (Fsp3) is 0.0667. The molecular formula is C15H15F2N5. The van der Waals surface area contributed by atoms with Crippen LogP contribution in [-0.2, 0) is 0 Å². The average molecular weight is 303 g/mol. The van der Waals surface area contributed by atoms with Crippen molar-refractivity contribution in [3.63, 3.8) is 0 Å². The third-order valence-corrected chi connectivity index (χ3v) is 2.91. The largest absolute Gasteiger partial charge is 0.386 e. The predicted molar refractivity (Wildman–Crippen MR) is 83.2 cm³/mol. The van der Waals surface area contributed by atoms with Gasteiger partial charge in [0.1, 0.15) is 23.3 Å². The van der Waals surface area contributed by atoms with Crippen molar-refractivity contribution in [1.29, 1.82) is 0 Å². The van der Waals surface area contributed by atoms with E-state index in [1.807, 2.05) is 0 Å². The lowest BCUT2D eigenvalue weighted by molar-refractivity contribution is 0.588. The van der Waals surface area contributed by atoms with Crippen LogP contribution in [0.2, 0.25) is 0 Å². The van der Waals surface area contributed by atoms with Crippen LogP contribution in [0.5, 0.6) is 0 Å². The average Bonchev–Trinajstić information content (AvgIpc) is 2.46. The summed E-state index contributed by atoms with van der Waals surface area (Å²) in [5, 5.41) is 2.70. The molecule has 0 atom stereocenters. The maximum atomic E-state index is 13.9. The molecule has 0 saturated heterocycles. The standard InChI is InChI=1S/C15H15F2N5/c1-8(18)21-15-9(14(19)20-2)6-7-12(22-15)13-10(16)4-3-5-11(13)17/h3-7H,1,18H2,2H3,(H2,19,20)(H,21,22). The molecule has 0 radical (unpaired) electrons. The van der Waals surface area contributed by atoms with Gasteiger partial charge in [0, 0.05) is 7.05 Å². The molecule has 2 aromatic rings. The van der Waals surface area contributed by atoms with Crippen LogP contribution >= 0.6 is 0 Å². The van der Waals surface area contributed by atoms with Crippen LogP contribution in [-0.4, -0.2) is 17.9 Å². The number of amidine groups is 1. The highest BCUT2D eigenvalue weighted by atomic mass is 19.1. The molecule has 0 aliphatic heterocycles. The molecule has 0 aliphatic carbocycles. The van der Waals surface area contributed by atoms with Gasteiger partial charge in [-0.05, 0) is 24.3 Å². The first kappa shape index (κ1) is 15.4. The molecule has 0 saturated carbocycles. The monoisotopic (exact) mass is 303 g/mol. The Bertz CT molecular complexity index is 735. The van der Waals surface area contributed by atoms with E-state index in [0.717, 1.165) is 12.1 Å². The lowest BCUT2D eigenvalue weighted by atomic mass is 10.1. The SMILES string of the molecule is C=C(N)Nc1nc(-c2c(F)cccc2F)ccc1C(N)=NC. The second-order valence-electron chi connectivity index (χ2n) is 4.45. The number of aliphatic imine (C=N–C) groups is 1. The van der Waals surface area contributed by atoms with Crippen LogP contribution in [0, 0.1) is 11.6 Å². The predicted octanol–water partition coefficient (Wildman–Crippen LogP) is 2.20. The lowest BCUT2D eigenvalue weighted by Crippen LogP contribution is -2.18. The van der Waals surface area contributed by atoms with Crippen LogP contribution in [0.3, 0.4) is 0 Å². The fourth-order valence-corrected chi connectivity index (χ4v) is 1.92. The van der Waals surface area contributed by atoms with Crippen molar-refractivity contribution in [2.45, 2.75) is 0 Å². The summed E-state index contributed by atoms with van der Waals surface area (Å²) < 4.78 is 27.7. The van der Waals surface area contributed by atoms with Crippen LogP contribution in [0.15, 0.2) is 47.7 Å². The van der Waals surface area contributed by atoms with Gasteiger partial charge in [-0.1, -0.05) is 12.6 Å². The number of aromatic nitrogens is 1. The van der Waals surface area contributed by atoms with E-state index < -0.39 is 11.6 Å². The second kappa shape index (κ2) is 6.21. The van der Waals surface area contributed by atoms with Crippen LogP contribution in [0.4, 0.5) is 14.6 Å². The van der Waals surface area contributed by atoms with E-state index in [9.17, 15) is 8.78 Å². The smallest absolute Gasteiger partial charge is 0.143 e. The normalized spacial score (nSPS) is 11.3. The molecule has 1 aromatic carbocycles. The molecule has 1 aromatic heterocycles. The van der Waals surface area contributed by atoms with Gasteiger partial charge in [0.05, 0.1) is 22.6 Å². The Morgan fingerprint density at radius 2 is 1.82 bits per heavy atom. The summed E-state index contributed by atoms with van der Waals surface area (Å²) >= 11 is 0. The molecule has 7 heteroatoms. The van der Waals surface area contributed by atoms with E-state index in [-0.39, 0.29) is 28.7 Å². The third-order valence-electron chi connectivity index (χ3n) is 2.91. The van der Waals surface area contributed by atoms with Gasteiger partial charge in [-0.3, -0.25) is 4.99 Å². The Morgan fingerprint density at radius 3 is 2.36 bits per heavy atom. The topological polar surface area (TPSA) is 89.3 Å². The summed E-state index contributed by atoms with van der Waals surface area (Å²) in [4.78, 5) is 8.04. The Morgan fingerprint density at radius 1 is 1.18 bits per heavy atom. The van der Waals surface area contributed by atoms with Crippen molar-refractivity contribution in [2.75, 3.05) is 12.4 Å². The Kier molecular flexibility index (Phi) is 4.36. The molecule has 0 spiro atoms. The summed E-state index contributed by atoms with van der Waals surface area (Å²) in [6.07, 6.45) is 0. The Labute approximate surface area is 126 Å². The molecule has 1 heterocycles. The van der Waals surface area contributed by atoms with Gasteiger partial charge >= 0.3 is 0 Å². The first-order chi connectivity index (χ1) is 10.4. The minimum absolute atomic E-state index is 0.104. The van der Waals surface area contributed by atoms with Crippen molar-refractivity contribution < 1.29 is 8.78 Å². The molecule has 0 amide bonds. The molecule has 0 bridgehead atoms. The highest BCUT2D eigenvalue weighted by molar-refractivity contribution is 6.02. The number of benzene rings is 1. The summed E-state index contributed by atoms with van der Waals surface area (Å²) in [5.74, 6) is -0.888. The zero-order valence-corrected chi connectivity index (χ0v) is 11.9. The first-order valence-electron chi connectivity index (χ1n) is 6.33. The maximum absolute atomic E-state index is 13.9. The number of hydrogen-bond donors (Lipinski definition) is 3. The van der Waals surface area contributed by atoms with Crippen LogP contribution in [0.1, 0.15) is 5.56 Å². The minimum Gasteiger partial charge on any atom is -0.386 e. The first-order valence-corrected chi connectivity index (χ1v) is 6.33. The zero-order valence-electron chi connectivity index (χ0n) is 11.9. The van der Waals surface area contributed by atoms with Crippen molar-refractivity contribution in [2.24, 2.45) is 16.5 Å². The summed E-state index contributed by atoms with van der Waals surface area (Å²) in [7, 11) is 1.51. The molecule has 114 valence electrons. The molecule has 5 nitrogen and oxygen atoms in total. The van der Waals surface area contributed by atoms with Gasteiger partial charge < -0.3 is 16.8 Å². The van der Waals surface area contributed by atoms with E-state index in [0.29, 0.717) is 5.56 Å². The number of halogens is 2. The van der Waals surface area contributed by atoms with Crippen LogP contribution < -0.4 is 16.8 Å². The maximum Gasteiger partial charge on any atom is 0.143 e. The Hall–Kier alpha value is -2.96. The summed E-state index contributed by atoms with van der Waals surface area (Å²) in [6.45, 7) is 3.51. The molecule has 0 fully saturated rings. The zero-order chi connectivity index (χ0) is 16.3. The van der Waals surface area contributed by atoms with Gasteiger partial charge in [0.15, 0.2) is 0 Å². The van der Waals surface area contributed by atoms with E-state index in [2.05, 4.69) is 21.9 Å². The summed E-state index contributed by atoms with van der Waals surface area (Å²) in [6, 6.07) is 6.61. The molecule has 0 aliphatic rings. The molecule has 2 rings (SSSR count). The Balaban J connectivity index is 2.63. The van der Waals surface area contributed by atoms with E-state index in [1.165, 1.54) is 19.2 Å². The third kappa shape index (κ3) is 3.03. The number of pyridine rings is 1. The summed E-state index contributed by atoms with van der Waals surface area (Å²) in [5.41, 5.74) is 11.6. The number of nitrogens with two attached hydrogens (primary N) is 2. The number of nitrogens with one attached hydrogen (secondary N) is 1. The van der Waals surface area contributed by atoms with Crippen LogP contribution in [0.25, 0.3) is 11.3 Å². The lowest BCUT2D eigenvalue weighted by Gasteiger charge is -2.13. The molecule has 5 N–H and O–H groups in total. The minimum atomic E-state index is -0.713. The van der Waals surface area contributed by atoms with Gasteiger partial charge in [-0.2, -0.15) is 0 Å². The van der Waals surface area contributed by atoms with Gasteiger partial charge in [0.2, 0.25) is 0 Å². The van der Waals surface area contributed by atoms with E-state index in [1.54, 1.807) is 6.07 Å². The molecule has 0 unspecified atom stereocenters. The van der Waals surface area contributed by atoms with Gasteiger partial charge in [-0.25, -0.2) is 13.8 Å². The molecule has 22 heavy (non-hydrogen) atoms. The number of hydrogen-bond acceptors (Lipinski definition) is 4. The highest BCUT2D eigenvalue weighted by Crippen LogP contribution is 2.27.